The molecule has 2 nitrogen and oxygen atoms in total. The Morgan fingerprint density at radius 1 is 1.41 bits per heavy atom. The molecule has 1 aliphatic heterocycles. The first-order chi connectivity index (χ1) is 8.33. The zero-order chi connectivity index (χ0) is 12.1. The fourth-order valence-corrected chi connectivity index (χ4v) is 1.98. The molecule has 0 spiro atoms. The molecule has 0 radical (unpaired) electrons. The van der Waals surface area contributed by atoms with Crippen molar-refractivity contribution in [1.29, 1.82) is 0 Å². The molecule has 0 bridgehead atoms. The summed E-state index contributed by atoms with van der Waals surface area (Å²) in [4.78, 5) is 0. The highest BCUT2D eigenvalue weighted by atomic mass is 16.5. The molecule has 1 aromatic carbocycles. The maximum absolute atomic E-state index is 5.68. The van der Waals surface area contributed by atoms with Crippen molar-refractivity contribution in [1.82, 2.24) is 0 Å². The number of hydrogen-bond acceptors (Lipinski definition) is 2. The van der Waals surface area contributed by atoms with Gasteiger partial charge in [-0.25, -0.2) is 0 Å². The number of hydrogen-bond donors (Lipinski definition) is 0. The van der Waals surface area contributed by atoms with Crippen LogP contribution in [0.15, 0.2) is 30.8 Å². The quantitative estimate of drug-likeness (QED) is 0.749. The minimum Gasteiger partial charge on any atom is -0.375 e. The third kappa shape index (κ3) is 3.18. The highest BCUT2D eigenvalue weighted by Crippen LogP contribution is 2.23. The Kier molecular flexibility index (Phi) is 4.35. The van der Waals surface area contributed by atoms with Crippen LogP contribution in [-0.4, -0.2) is 19.3 Å². The van der Waals surface area contributed by atoms with Gasteiger partial charge in [0.2, 0.25) is 0 Å². The van der Waals surface area contributed by atoms with E-state index in [1.807, 2.05) is 6.08 Å². The van der Waals surface area contributed by atoms with Crippen LogP contribution in [0.1, 0.15) is 24.5 Å². The van der Waals surface area contributed by atoms with Crippen LogP contribution in [0.2, 0.25) is 0 Å². The molecule has 0 amide bonds. The second-order valence-electron chi connectivity index (χ2n) is 4.50. The minimum absolute atomic E-state index is 0.312. The molecule has 2 unspecified atom stereocenters. The van der Waals surface area contributed by atoms with E-state index in [0.29, 0.717) is 25.2 Å². The summed E-state index contributed by atoms with van der Waals surface area (Å²) in [5.74, 6) is 0.693. The standard InChI is InChI=1S/C15H20O2/c1-3-12-5-7-13(8-6-12)9-16-11-15-14(4-2)10-17-15/h3,5-8,14-15H,1,4,9-11H2,2H3. The lowest BCUT2D eigenvalue weighted by molar-refractivity contribution is -0.149. The summed E-state index contributed by atoms with van der Waals surface area (Å²) in [7, 11) is 0. The zero-order valence-corrected chi connectivity index (χ0v) is 10.4. The Morgan fingerprint density at radius 2 is 2.18 bits per heavy atom. The normalized spacial score (nSPS) is 23.1. The largest absolute Gasteiger partial charge is 0.375 e. The van der Waals surface area contributed by atoms with Crippen LogP contribution >= 0.6 is 0 Å². The van der Waals surface area contributed by atoms with Crippen molar-refractivity contribution in [3.63, 3.8) is 0 Å². The summed E-state index contributed by atoms with van der Waals surface area (Å²) in [6, 6.07) is 8.27. The van der Waals surface area contributed by atoms with Crippen LogP contribution in [0.3, 0.4) is 0 Å². The van der Waals surface area contributed by atoms with Crippen LogP contribution in [-0.2, 0) is 16.1 Å². The number of ether oxygens (including phenoxy) is 2. The molecule has 17 heavy (non-hydrogen) atoms. The van der Waals surface area contributed by atoms with E-state index < -0.39 is 0 Å². The number of benzene rings is 1. The van der Waals surface area contributed by atoms with Gasteiger partial charge in [0, 0.05) is 5.92 Å². The van der Waals surface area contributed by atoms with Gasteiger partial charge < -0.3 is 9.47 Å². The smallest absolute Gasteiger partial charge is 0.0858 e. The van der Waals surface area contributed by atoms with Gasteiger partial charge in [0.1, 0.15) is 0 Å². The van der Waals surface area contributed by atoms with Gasteiger partial charge in [0.05, 0.1) is 25.9 Å². The SMILES string of the molecule is C=Cc1ccc(COCC2OCC2CC)cc1. The van der Waals surface area contributed by atoms with E-state index >= 15 is 0 Å². The summed E-state index contributed by atoms with van der Waals surface area (Å²) < 4.78 is 11.1. The summed E-state index contributed by atoms with van der Waals surface area (Å²) in [5.41, 5.74) is 2.34. The third-order valence-electron chi connectivity index (χ3n) is 3.34. The van der Waals surface area contributed by atoms with Gasteiger partial charge in [-0.15, -0.1) is 0 Å². The van der Waals surface area contributed by atoms with Gasteiger partial charge in [0.25, 0.3) is 0 Å². The monoisotopic (exact) mass is 232 g/mol. The van der Waals surface area contributed by atoms with Crippen LogP contribution in [0.4, 0.5) is 0 Å². The van der Waals surface area contributed by atoms with Gasteiger partial charge in [-0.2, -0.15) is 0 Å². The molecule has 2 rings (SSSR count). The molecule has 0 saturated carbocycles. The summed E-state index contributed by atoms with van der Waals surface area (Å²) >= 11 is 0. The fraction of sp³-hybridized carbons (Fsp3) is 0.467. The predicted octanol–water partition coefficient (Wildman–Crippen LogP) is 3.27. The van der Waals surface area contributed by atoms with Gasteiger partial charge in [0.15, 0.2) is 0 Å². The van der Waals surface area contributed by atoms with E-state index in [9.17, 15) is 0 Å². The van der Waals surface area contributed by atoms with Crippen molar-refractivity contribution in [2.75, 3.05) is 13.2 Å². The van der Waals surface area contributed by atoms with Gasteiger partial charge in [-0.05, 0) is 17.5 Å². The van der Waals surface area contributed by atoms with E-state index in [2.05, 4.69) is 37.8 Å². The van der Waals surface area contributed by atoms with Crippen LogP contribution in [0.5, 0.6) is 0 Å². The Balaban J connectivity index is 1.72. The van der Waals surface area contributed by atoms with E-state index in [0.717, 1.165) is 12.2 Å². The van der Waals surface area contributed by atoms with Crippen LogP contribution < -0.4 is 0 Å². The molecule has 2 heteroatoms. The lowest BCUT2D eigenvalue weighted by atomic mass is 9.96. The highest BCUT2D eigenvalue weighted by Gasteiger charge is 2.30. The first-order valence-electron chi connectivity index (χ1n) is 6.24. The Hall–Kier alpha value is -1.12. The van der Waals surface area contributed by atoms with Crippen molar-refractivity contribution < 1.29 is 9.47 Å². The summed E-state index contributed by atoms with van der Waals surface area (Å²) in [6.07, 6.45) is 3.34. The first kappa shape index (κ1) is 12.3. The second-order valence-corrected chi connectivity index (χ2v) is 4.50. The fourth-order valence-electron chi connectivity index (χ4n) is 1.98. The van der Waals surface area contributed by atoms with Crippen molar-refractivity contribution in [3.8, 4) is 0 Å². The molecule has 1 heterocycles. The lowest BCUT2D eigenvalue weighted by Crippen LogP contribution is -2.42. The Bertz CT molecular complexity index is 354. The molecule has 0 N–H and O–H groups in total. The summed E-state index contributed by atoms with van der Waals surface area (Å²) in [5, 5.41) is 0. The molecule has 0 aromatic heterocycles. The predicted molar refractivity (Wildman–Crippen MR) is 69.7 cm³/mol. The first-order valence-corrected chi connectivity index (χ1v) is 6.24. The Labute approximate surface area is 103 Å². The average molecular weight is 232 g/mol. The zero-order valence-electron chi connectivity index (χ0n) is 10.4. The molecular formula is C15H20O2. The third-order valence-corrected chi connectivity index (χ3v) is 3.34. The van der Waals surface area contributed by atoms with Crippen molar-refractivity contribution >= 4 is 6.08 Å². The van der Waals surface area contributed by atoms with Crippen molar-refractivity contribution in [2.24, 2.45) is 5.92 Å². The van der Waals surface area contributed by atoms with E-state index in [1.165, 1.54) is 12.0 Å². The molecule has 1 aromatic rings. The van der Waals surface area contributed by atoms with Gasteiger partial charge in [-0.3, -0.25) is 0 Å². The molecule has 1 fully saturated rings. The number of rotatable bonds is 6. The highest BCUT2D eigenvalue weighted by molar-refractivity contribution is 5.47. The molecule has 1 aliphatic rings. The molecular weight excluding hydrogens is 212 g/mol. The van der Waals surface area contributed by atoms with Crippen LogP contribution in [0.25, 0.3) is 6.08 Å². The van der Waals surface area contributed by atoms with Crippen molar-refractivity contribution in [3.05, 3.63) is 42.0 Å². The second kappa shape index (κ2) is 5.99. The van der Waals surface area contributed by atoms with Crippen LogP contribution in [0, 0.1) is 5.92 Å². The molecule has 92 valence electrons. The van der Waals surface area contributed by atoms with E-state index in [4.69, 9.17) is 9.47 Å². The minimum atomic E-state index is 0.312. The van der Waals surface area contributed by atoms with Gasteiger partial charge in [-0.1, -0.05) is 43.8 Å². The van der Waals surface area contributed by atoms with E-state index in [-0.39, 0.29) is 0 Å². The molecule has 1 saturated heterocycles. The lowest BCUT2D eigenvalue weighted by Gasteiger charge is -2.35. The topological polar surface area (TPSA) is 18.5 Å². The maximum atomic E-state index is 5.68. The Morgan fingerprint density at radius 3 is 2.71 bits per heavy atom. The summed E-state index contributed by atoms with van der Waals surface area (Å²) in [6.45, 7) is 8.21. The maximum Gasteiger partial charge on any atom is 0.0858 e. The average Bonchev–Trinajstić information content (AvgIpc) is 2.34. The molecule has 0 aliphatic carbocycles. The van der Waals surface area contributed by atoms with Crippen molar-refractivity contribution in [2.45, 2.75) is 26.1 Å². The molecule has 2 atom stereocenters. The van der Waals surface area contributed by atoms with E-state index in [1.54, 1.807) is 0 Å². The van der Waals surface area contributed by atoms with Gasteiger partial charge >= 0.3 is 0 Å².